The molecule has 0 aromatic rings. The maximum atomic E-state index is 12.0. The van der Waals surface area contributed by atoms with E-state index in [0.29, 0.717) is 0 Å². The standard InChI is InChI=1S/C13H20N6O8S/c14-6(12(24)25)1-2-9(20)17-7(11(23)16-3-10(21)22)4-28-5-8(13(26)27)18-19-15/h6-8H,1-5,14H2,(H,16,23)(H,17,20)(H,21,22)(H,24,25)(H,26,27)/t6-,7-,8?/m0/s1. The highest BCUT2D eigenvalue weighted by Gasteiger charge is 2.24. The number of amides is 2. The monoisotopic (exact) mass is 420 g/mol. The van der Waals surface area contributed by atoms with E-state index in [1.807, 2.05) is 0 Å². The first kappa shape index (κ1) is 25.0. The molecule has 0 fully saturated rings. The van der Waals surface area contributed by atoms with Crippen LogP contribution in [0.5, 0.6) is 0 Å². The Labute approximate surface area is 162 Å². The minimum atomic E-state index is -1.39. The van der Waals surface area contributed by atoms with E-state index >= 15 is 0 Å². The van der Waals surface area contributed by atoms with Gasteiger partial charge in [-0.3, -0.25) is 24.0 Å². The lowest BCUT2D eigenvalue weighted by molar-refractivity contribution is -0.139. The number of nitrogens with two attached hydrogens (primary N) is 1. The number of carbonyl (C=O) groups excluding carboxylic acids is 2. The van der Waals surface area contributed by atoms with Gasteiger partial charge in [-0.15, -0.1) is 0 Å². The summed E-state index contributed by atoms with van der Waals surface area (Å²) in [5.74, 6) is -5.85. The third-order valence-electron chi connectivity index (χ3n) is 3.10. The molecule has 0 aromatic carbocycles. The van der Waals surface area contributed by atoms with Crippen LogP contribution in [0.25, 0.3) is 10.4 Å². The molecule has 0 spiro atoms. The van der Waals surface area contributed by atoms with E-state index in [-0.39, 0.29) is 24.3 Å². The van der Waals surface area contributed by atoms with Gasteiger partial charge in [0.15, 0.2) is 0 Å². The largest absolute Gasteiger partial charge is 0.481 e. The van der Waals surface area contributed by atoms with Crippen LogP contribution in [0, 0.1) is 0 Å². The zero-order chi connectivity index (χ0) is 21.7. The Hall–Kier alpha value is -3.03. The van der Waals surface area contributed by atoms with E-state index in [2.05, 4.69) is 20.7 Å². The van der Waals surface area contributed by atoms with Gasteiger partial charge in [-0.05, 0) is 12.0 Å². The number of rotatable bonds is 14. The number of azide groups is 1. The number of thioether (sulfide) groups is 1. The molecule has 0 aliphatic rings. The molecule has 2 amide bonds. The summed E-state index contributed by atoms with van der Waals surface area (Å²) in [7, 11) is 0. The normalized spacial score (nSPS) is 13.3. The van der Waals surface area contributed by atoms with E-state index in [0.717, 1.165) is 11.8 Å². The minimum Gasteiger partial charge on any atom is -0.481 e. The summed E-state index contributed by atoms with van der Waals surface area (Å²) in [6.45, 7) is -0.698. The van der Waals surface area contributed by atoms with Crippen molar-refractivity contribution in [3.05, 3.63) is 10.4 Å². The van der Waals surface area contributed by atoms with Gasteiger partial charge in [0.05, 0.1) is 0 Å². The second kappa shape index (κ2) is 13.2. The molecule has 0 aromatic heterocycles. The summed E-state index contributed by atoms with van der Waals surface area (Å²) in [4.78, 5) is 58.4. The second-order valence-electron chi connectivity index (χ2n) is 5.31. The summed E-state index contributed by atoms with van der Waals surface area (Å²) >= 11 is 0.884. The van der Waals surface area contributed by atoms with Gasteiger partial charge in [-0.2, -0.15) is 11.8 Å². The highest BCUT2D eigenvalue weighted by atomic mass is 32.2. The molecular formula is C13H20N6O8S. The van der Waals surface area contributed by atoms with Crippen LogP contribution in [-0.4, -0.2) is 81.2 Å². The van der Waals surface area contributed by atoms with E-state index in [9.17, 15) is 24.0 Å². The first-order valence-corrected chi connectivity index (χ1v) is 8.86. The Morgan fingerprint density at radius 1 is 1.11 bits per heavy atom. The molecule has 28 heavy (non-hydrogen) atoms. The Morgan fingerprint density at radius 2 is 1.75 bits per heavy atom. The molecule has 0 heterocycles. The molecule has 3 atom stereocenters. The van der Waals surface area contributed by atoms with E-state index in [4.69, 9.17) is 26.6 Å². The predicted molar refractivity (Wildman–Crippen MR) is 95.3 cm³/mol. The van der Waals surface area contributed by atoms with Crippen LogP contribution < -0.4 is 16.4 Å². The van der Waals surface area contributed by atoms with Crippen molar-refractivity contribution < 1.29 is 39.3 Å². The molecular weight excluding hydrogens is 400 g/mol. The predicted octanol–water partition coefficient (Wildman–Crippen LogP) is -1.64. The maximum absolute atomic E-state index is 12.0. The van der Waals surface area contributed by atoms with Crippen LogP contribution in [-0.2, 0) is 24.0 Å². The van der Waals surface area contributed by atoms with Crippen molar-refractivity contribution in [2.24, 2.45) is 10.8 Å². The number of carboxylic acid groups (broad SMARTS) is 3. The zero-order valence-corrected chi connectivity index (χ0v) is 15.3. The number of nitrogens with one attached hydrogen (secondary N) is 2. The van der Waals surface area contributed by atoms with Gasteiger partial charge in [-0.25, -0.2) is 0 Å². The van der Waals surface area contributed by atoms with E-state index in [1.54, 1.807) is 0 Å². The van der Waals surface area contributed by atoms with Crippen LogP contribution in [0.4, 0.5) is 0 Å². The molecule has 0 saturated heterocycles. The fraction of sp³-hybridized carbons (Fsp3) is 0.615. The van der Waals surface area contributed by atoms with Gasteiger partial charge in [-0.1, -0.05) is 5.11 Å². The van der Waals surface area contributed by atoms with Gasteiger partial charge in [0, 0.05) is 22.8 Å². The smallest absolute Gasteiger partial charge is 0.322 e. The number of nitrogens with zero attached hydrogens (tertiary/aromatic N) is 3. The summed E-state index contributed by atoms with van der Waals surface area (Å²) in [5, 5.41) is 33.6. The first-order chi connectivity index (χ1) is 13.1. The van der Waals surface area contributed by atoms with Crippen molar-refractivity contribution in [1.82, 2.24) is 10.6 Å². The molecule has 156 valence electrons. The van der Waals surface area contributed by atoms with Crippen molar-refractivity contribution in [2.75, 3.05) is 18.1 Å². The molecule has 0 aliphatic heterocycles. The highest BCUT2D eigenvalue weighted by Crippen LogP contribution is 2.09. The van der Waals surface area contributed by atoms with E-state index < -0.39 is 54.4 Å². The van der Waals surface area contributed by atoms with Gasteiger partial charge in [0.1, 0.15) is 24.7 Å². The van der Waals surface area contributed by atoms with Crippen LogP contribution in [0.3, 0.4) is 0 Å². The Morgan fingerprint density at radius 3 is 2.25 bits per heavy atom. The minimum absolute atomic E-state index is 0.146. The number of carboxylic acids is 3. The molecule has 0 saturated carbocycles. The third-order valence-corrected chi connectivity index (χ3v) is 4.22. The van der Waals surface area contributed by atoms with Gasteiger partial charge < -0.3 is 31.7 Å². The lowest BCUT2D eigenvalue weighted by atomic mass is 10.1. The zero-order valence-electron chi connectivity index (χ0n) is 14.5. The number of hydrogen-bond donors (Lipinski definition) is 6. The van der Waals surface area contributed by atoms with Crippen molar-refractivity contribution in [2.45, 2.75) is 31.0 Å². The Bertz CT molecular complexity index is 651. The summed E-state index contributed by atoms with van der Waals surface area (Å²) < 4.78 is 0. The van der Waals surface area contributed by atoms with Crippen molar-refractivity contribution >= 4 is 41.5 Å². The topological polar surface area (TPSA) is 245 Å². The van der Waals surface area contributed by atoms with Gasteiger partial charge in [0.25, 0.3) is 0 Å². The third kappa shape index (κ3) is 10.8. The average Bonchev–Trinajstić information content (AvgIpc) is 2.61. The number of aliphatic carboxylic acids is 3. The quantitative estimate of drug-likeness (QED) is 0.106. The lowest BCUT2D eigenvalue weighted by Gasteiger charge is -2.18. The molecule has 15 heteroatoms. The van der Waals surface area contributed by atoms with E-state index in [1.165, 1.54) is 0 Å². The molecule has 0 radical (unpaired) electrons. The number of carbonyl (C=O) groups is 5. The van der Waals surface area contributed by atoms with Crippen LogP contribution >= 0.6 is 11.8 Å². The van der Waals surface area contributed by atoms with Crippen molar-refractivity contribution in [1.29, 1.82) is 0 Å². The second-order valence-corrected chi connectivity index (χ2v) is 6.39. The molecule has 0 rings (SSSR count). The summed E-state index contributed by atoms with van der Waals surface area (Å²) in [6.07, 6.45) is -0.479. The van der Waals surface area contributed by atoms with Crippen molar-refractivity contribution in [3.8, 4) is 0 Å². The molecule has 0 aliphatic carbocycles. The Kier molecular flexibility index (Phi) is 11.8. The van der Waals surface area contributed by atoms with Crippen LogP contribution in [0.2, 0.25) is 0 Å². The van der Waals surface area contributed by atoms with Crippen LogP contribution in [0.1, 0.15) is 12.8 Å². The van der Waals surface area contributed by atoms with Crippen molar-refractivity contribution in [3.63, 3.8) is 0 Å². The molecule has 0 bridgehead atoms. The Balaban J connectivity index is 4.85. The highest BCUT2D eigenvalue weighted by molar-refractivity contribution is 7.99. The number of hydrogen-bond acceptors (Lipinski definition) is 8. The average molecular weight is 420 g/mol. The van der Waals surface area contributed by atoms with Gasteiger partial charge >= 0.3 is 17.9 Å². The molecule has 1 unspecified atom stereocenters. The summed E-state index contributed by atoms with van der Waals surface area (Å²) in [5.41, 5.74) is 13.6. The van der Waals surface area contributed by atoms with Crippen LogP contribution in [0.15, 0.2) is 5.11 Å². The van der Waals surface area contributed by atoms with Gasteiger partial charge in [0.2, 0.25) is 11.8 Å². The molecule has 14 nitrogen and oxygen atoms in total. The summed E-state index contributed by atoms with van der Waals surface area (Å²) in [6, 6.07) is -3.88. The fourth-order valence-electron chi connectivity index (χ4n) is 1.66. The lowest BCUT2D eigenvalue weighted by Crippen LogP contribution is -2.49. The maximum Gasteiger partial charge on any atom is 0.322 e. The SMILES string of the molecule is [N-]=[N+]=NC(CSC[C@H](NC(=O)CC[C@H](N)C(=O)O)C(=O)NCC(=O)O)C(=O)O. The fourth-order valence-corrected chi connectivity index (χ4v) is 2.70. The first-order valence-electron chi connectivity index (χ1n) is 7.70. The molecule has 7 N–H and O–H groups in total.